The van der Waals surface area contributed by atoms with Crippen LogP contribution in [0.1, 0.15) is 46.4 Å². The SMILES string of the molecule is Cl.Cl.O=C(c1ccc(C2CC2)cn1)N1CCNCC1c1cccc(F)c1. The van der Waals surface area contributed by atoms with Crippen molar-refractivity contribution in [2.45, 2.75) is 24.8 Å². The number of benzene rings is 1. The average molecular weight is 398 g/mol. The number of rotatable bonds is 3. The van der Waals surface area contributed by atoms with Crippen LogP contribution in [0.5, 0.6) is 0 Å². The summed E-state index contributed by atoms with van der Waals surface area (Å²) in [5.74, 6) is 0.256. The van der Waals surface area contributed by atoms with Crippen LogP contribution in [0.25, 0.3) is 0 Å². The molecule has 4 rings (SSSR count). The summed E-state index contributed by atoms with van der Waals surface area (Å²) in [6, 6.07) is 10.1. The molecule has 1 aliphatic heterocycles. The van der Waals surface area contributed by atoms with E-state index in [-0.39, 0.29) is 42.6 Å². The summed E-state index contributed by atoms with van der Waals surface area (Å²) in [5, 5.41) is 3.28. The predicted octanol–water partition coefficient (Wildman–Crippen LogP) is 3.73. The summed E-state index contributed by atoms with van der Waals surface area (Å²) >= 11 is 0. The van der Waals surface area contributed by atoms with Crippen molar-refractivity contribution >= 4 is 30.7 Å². The number of halogens is 3. The minimum atomic E-state index is -0.280. The fourth-order valence-corrected chi connectivity index (χ4v) is 3.30. The second-order valence-electron chi connectivity index (χ2n) is 6.52. The Hall–Kier alpha value is -1.69. The number of nitrogens with one attached hydrogen (secondary N) is 1. The molecule has 1 saturated carbocycles. The molecular weight excluding hydrogens is 376 g/mol. The summed E-state index contributed by atoms with van der Waals surface area (Å²) in [6.45, 7) is 1.94. The van der Waals surface area contributed by atoms with Gasteiger partial charge in [-0.2, -0.15) is 0 Å². The number of nitrogens with zero attached hydrogens (tertiary/aromatic N) is 2. The van der Waals surface area contributed by atoms with E-state index in [1.54, 1.807) is 11.0 Å². The molecule has 2 aliphatic rings. The Morgan fingerprint density at radius 1 is 1.15 bits per heavy atom. The van der Waals surface area contributed by atoms with Gasteiger partial charge in [0.25, 0.3) is 5.91 Å². The zero-order valence-electron chi connectivity index (χ0n) is 14.2. The highest BCUT2D eigenvalue weighted by atomic mass is 35.5. The maximum atomic E-state index is 13.6. The van der Waals surface area contributed by atoms with Crippen molar-refractivity contribution in [2.75, 3.05) is 19.6 Å². The van der Waals surface area contributed by atoms with Gasteiger partial charge in [0, 0.05) is 25.8 Å². The topological polar surface area (TPSA) is 45.2 Å². The largest absolute Gasteiger partial charge is 0.328 e. The fraction of sp³-hybridized carbons (Fsp3) is 0.368. The first-order valence-electron chi connectivity index (χ1n) is 8.45. The zero-order chi connectivity index (χ0) is 16.5. The van der Waals surface area contributed by atoms with Crippen molar-refractivity contribution in [3.63, 3.8) is 0 Å². The van der Waals surface area contributed by atoms with Gasteiger partial charge in [-0.1, -0.05) is 18.2 Å². The molecule has 2 aromatic rings. The average Bonchev–Trinajstić information content (AvgIpc) is 3.46. The Labute approximate surface area is 165 Å². The second-order valence-corrected chi connectivity index (χ2v) is 6.52. The van der Waals surface area contributed by atoms with E-state index in [0.717, 1.165) is 12.1 Å². The lowest BCUT2D eigenvalue weighted by atomic mass is 10.0. The predicted molar refractivity (Wildman–Crippen MR) is 104 cm³/mol. The Morgan fingerprint density at radius 3 is 2.62 bits per heavy atom. The Morgan fingerprint density at radius 2 is 1.96 bits per heavy atom. The number of amides is 1. The zero-order valence-corrected chi connectivity index (χ0v) is 15.9. The third-order valence-electron chi connectivity index (χ3n) is 4.79. The first kappa shape index (κ1) is 20.6. The molecule has 1 saturated heterocycles. The summed E-state index contributed by atoms with van der Waals surface area (Å²) in [5.41, 5.74) is 2.49. The lowest BCUT2D eigenvalue weighted by Crippen LogP contribution is -2.48. The molecular formula is C19H22Cl2FN3O. The number of pyridine rings is 1. The van der Waals surface area contributed by atoms with Crippen molar-refractivity contribution in [1.29, 1.82) is 0 Å². The Bertz CT molecular complexity index is 753. The second kappa shape index (κ2) is 8.80. The van der Waals surface area contributed by atoms with Crippen LogP contribution < -0.4 is 5.32 Å². The van der Waals surface area contributed by atoms with E-state index in [2.05, 4.69) is 10.3 Å². The number of piperazine rings is 1. The van der Waals surface area contributed by atoms with Gasteiger partial charge in [-0.25, -0.2) is 4.39 Å². The van der Waals surface area contributed by atoms with Gasteiger partial charge in [0.15, 0.2) is 0 Å². The van der Waals surface area contributed by atoms with Gasteiger partial charge in [-0.3, -0.25) is 9.78 Å². The van der Waals surface area contributed by atoms with E-state index in [0.29, 0.717) is 24.7 Å². The molecule has 26 heavy (non-hydrogen) atoms. The lowest BCUT2D eigenvalue weighted by Gasteiger charge is -2.36. The molecule has 2 heterocycles. The summed E-state index contributed by atoms with van der Waals surface area (Å²) in [6.07, 6.45) is 4.26. The number of aromatic nitrogens is 1. The van der Waals surface area contributed by atoms with Crippen LogP contribution in [0.15, 0.2) is 42.6 Å². The van der Waals surface area contributed by atoms with Gasteiger partial charge in [0.1, 0.15) is 11.5 Å². The maximum Gasteiger partial charge on any atom is 0.273 e. The van der Waals surface area contributed by atoms with Crippen LogP contribution in [0.4, 0.5) is 4.39 Å². The van der Waals surface area contributed by atoms with Gasteiger partial charge in [0.05, 0.1) is 6.04 Å². The molecule has 1 N–H and O–H groups in total. The highest BCUT2D eigenvalue weighted by Gasteiger charge is 2.30. The van der Waals surface area contributed by atoms with Gasteiger partial charge in [0.2, 0.25) is 0 Å². The summed E-state index contributed by atoms with van der Waals surface area (Å²) < 4.78 is 13.6. The number of hydrogen-bond donors (Lipinski definition) is 1. The minimum absolute atomic E-state index is 0. The summed E-state index contributed by atoms with van der Waals surface area (Å²) in [4.78, 5) is 19.1. The highest BCUT2D eigenvalue weighted by molar-refractivity contribution is 5.92. The molecule has 140 valence electrons. The molecule has 1 aliphatic carbocycles. The maximum absolute atomic E-state index is 13.6. The molecule has 7 heteroatoms. The molecule has 1 aromatic heterocycles. The Kier molecular flexibility index (Phi) is 6.98. The first-order valence-corrected chi connectivity index (χ1v) is 8.45. The van der Waals surface area contributed by atoms with Crippen LogP contribution in [0.2, 0.25) is 0 Å². The molecule has 2 fully saturated rings. The van der Waals surface area contributed by atoms with Crippen molar-refractivity contribution in [1.82, 2.24) is 15.2 Å². The normalized spacial score (nSPS) is 19.3. The molecule has 1 atom stereocenters. The first-order chi connectivity index (χ1) is 11.7. The Balaban J connectivity index is 0.00000121. The van der Waals surface area contributed by atoms with Crippen molar-refractivity contribution < 1.29 is 9.18 Å². The number of hydrogen-bond acceptors (Lipinski definition) is 3. The van der Waals surface area contributed by atoms with Gasteiger partial charge in [-0.15, -0.1) is 24.8 Å². The van der Waals surface area contributed by atoms with Gasteiger partial charge in [-0.05, 0) is 48.1 Å². The van der Waals surface area contributed by atoms with Gasteiger partial charge >= 0.3 is 0 Å². The van der Waals surface area contributed by atoms with E-state index in [1.807, 2.05) is 24.4 Å². The molecule has 0 radical (unpaired) electrons. The van der Waals surface area contributed by atoms with Gasteiger partial charge < -0.3 is 10.2 Å². The highest BCUT2D eigenvalue weighted by Crippen LogP contribution is 2.39. The monoisotopic (exact) mass is 397 g/mol. The number of carbonyl (C=O) groups is 1. The molecule has 1 aromatic carbocycles. The van der Waals surface area contributed by atoms with Crippen LogP contribution in [0, 0.1) is 5.82 Å². The summed E-state index contributed by atoms with van der Waals surface area (Å²) in [7, 11) is 0. The molecule has 0 bridgehead atoms. The molecule has 1 unspecified atom stereocenters. The van der Waals surface area contributed by atoms with Crippen LogP contribution in [0.3, 0.4) is 0 Å². The van der Waals surface area contributed by atoms with Crippen LogP contribution in [-0.4, -0.2) is 35.4 Å². The third-order valence-corrected chi connectivity index (χ3v) is 4.79. The standard InChI is InChI=1S/C19H20FN3O.2ClH/c20-16-3-1-2-14(10-16)18-12-21-8-9-23(18)19(24)17-7-6-15(11-22-17)13-4-5-13;;/h1-3,6-7,10-11,13,18,21H,4-5,8-9,12H2;2*1H. The third kappa shape index (κ3) is 4.34. The lowest BCUT2D eigenvalue weighted by molar-refractivity contribution is 0.0628. The fourth-order valence-electron chi connectivity index (χ4n) is 3.30. The van der Waals surface area contributed by atoms with E-state index < -0.39 is 0 Å². The number of carbonyl (C=O) groups excluding carboxylic acids is 1. The molecule has 1 amide bonds. The van der Waals surface area contributed by atoms with E-state index >= 15 is 0 Å². The molecule has 4 nitrogen and oxygen atoms in total. The van der Waals surface area contributed by atoms with E-state index in [1.165, 1.54) is 30.5 Å². The minimum Gasteiger partial charge on any atom is -0.328 e. The van der Waals surface area contributed by atoms with Crippen LogP contribution >= 0.6 is 24.8 Å². The van der Waals surface area contributed by atoms with E-state index in [9.17, 15) is 9.18 Å². The van der Waals surface area contributed by atoms with Crippen LogP contribution in [-0.2, 0) is 0 Å². The van der Waals surface area contributed by atoms with Crippen molar-refractivity contribution in [3.05, 3.63) is 65.2 Å². The smallest absolute Gasteiger partial charge is 0.273 e. The van der Waals surface area contributed by atoms with Crippen molar-refractivity contribution in [3.8, 4) is 0 Å². The molecule has 0 spiro atoms. The quantitative estimate of drug-likeness (QED) is 0.857. The van der Waals surface area contributed by atoms with Crippen molar-refractivity contribution in [2.24, 2.45) is 0 Å². The van der Waals surface area contributed by atoms with E-state index in [4.69, 9.17) is 0 Å².